The molecule has 0 fully saturated rings. The van der Waals surface area contributed by atoms with E-state index in [9.17, 15) is 0 Å². The average Bonchev–Trinajstić information content (AvgIpc) is 3.46. The Labute approximate surface area is 249 Å². The monoisotopic (exact) mass is 547 g/mol. The molecule has 0 N–H and O–H groups in total. The van der Waals surface area contributed by atoms with Crippen LogP contribution in [0.3, 0.4) is 0 Å². The fourth-order valence-electron chi connectivity index (χ4n) is 6.69. The molecular weight excluding hydrogens is 522 g/mol. The summed E-state index contributed by atoms with van der Waals surface area (Å²) in [4.78, 5) is 4.38. The van der Waals surface area contributed by atoms with Crippen molar-refractivity contribution in [2.45, 2.75) is 0 Å². The van der Waals surface area contributed by atoms with Crippen molar-refractivity contribution in [3.63, 3.8) is 0 Å². The third kappa shape index (κ3) is 3.77. The second kappa shape index (κ2) is 9.40. The van der Waals surface area contributed by atoms with E-state index in [1.54, 1.807) is 6.20 Å². The van der Waals surface area contributed by atoms with Gasteiger partial charge in [-0.05, 0) is 97.1 Å². The highest BCUT2D eigenvalue weighted by atomic mass is 16.3. The number of furan rings is 1. The summed E-state index contributed by atoms with van der Waals surface area (Å²) < 4.78 is 5.94. The SMILES string of the molecule is c1ccc2c(c1)-c1ccccc1-c1ccc(-c3ccc(-c4ccc5oc6ncccc6c5c4)cc3)cc1-c1ccccc1-2. The molecule has 0 atom stereocenters. The molecule has 0 unspecified atom stereocenters. The van der Waals surface area contributed by atoms with E-state index < -0.39 is 0 Å². The summed E-state index contributed by atoms with van der Waals surface area (Å²) in [7, 11) is 0. The molecule has 200 valence electrons. The first kappa shape index (κ1) is 23.9. The third-order valence-electron chi connectivity index (χ3n) is 8.76. The fourth-order valence-corrected chi connectivity index (χ4v) is 6.69. The maximum absolute atomic E-state index is 5.94. The molecule has 1 aliphatic carbocycles. The van der Waals surface area contributed by atoms with Gasteiger partial charge in [0.25, 0.3) is 0 Å². The van der Waals surface area contributed by atoms with Crippen LogP contribution in [0.2, 0.25) is 0 Å². The fraction of sp³-hybridized carbons (Fsp3) is 0. The molecule has 0 amide bonds. The van der Waals surface area contributed by atoms with Gasteiger partial charge in [0.2, 0.25) is 5.71 Å². The third-order valence-corrected chi connectivity index (χ3v) is 8.76. The van der Waals surface area contributed by atoms with Gasteiger partial charge in [-0.25, -0.2) is 4.98 Å². The predicted octanol–water partition coefficient (Wildman–Crippen LogP) is 11.3. The van der Waals surface area contributed by atoms with E-state index in [1.807, 2.05) is 12.1 Å². The number of nitrogens with zero attached hydrogens (tertiary/aromatic N) is 1. The van der Waals surface area contributed by atoms with Crippen molar-refractivity contribution in [2.75, 3.05) is 0 Å². The number of pyridine rings is 1. The molecule has 2 nitrogen and oxygen atoms in total. The number of fused-ring (bicyclic) bond motifs is 11. The van der Waals surface area contributed by atoms with Gasteiger partial charge in [-0.15, -0.1) is 0 Å². The molecule has 2 heteroatoms. The van der Waals surface area contributed by atoms with Crippen LogP contribution in [0.25, 0.3) is 88.8 Å². The van der Waals surface area contributed by atoms with Crippen LogP contribution in [0.15, 0.2) is 156 Å². The molecule has 0 saturated heterocycles. The van der Waals surface area contributed by atoms with Crippen LogP contribution < -0.4 is 0 Å². The summed E-state index contributed by atoms with van der Waals surface area (Å²) in [6.07, 6.45) is 1.77. The van der Waals surface area contributed by atoms with Crippen molar-refractivity contribution in [2.24, 2.45) is 0 Å². The Morgan fingerprint density at radius 1 is 0.349 bits per heavy atom. The van der Waals surface area contributed by atoms with Gasteiger partial charge in [0, 0.05) is 17.0 Å². The Kier molecular flexibility index (Phi) is 5.23. The number of rotatable bonds is 2. The van der Waals surface area contributed by atoms with Crippen LogP contribution in [0.5, 0.6) is 0 Å². The van der Waals surface area contributed by atoms with Gasteiger partial charge >= 0.3 is 0 Å². The van der Waals surface area contributed by atoms with Crippen molar-refractivity contribution < 1.29 is 4.42 Å². The summed E-state index contributed by atoms with van der Waals surface area (Å²) in [5.41, 5.74) is 16.4. The average molecular weight is 548 g/mol. The zero-order valence-electron chi connectivity index (χ0n) is 23.3. The first-order chi connectivity index (χ1) is 21.3. The van der Waals surface area contributed by atoms with Crippen molar-refractivity contribution in [1.29, 1.82) is 0 Å². The zero-order chi connectivity index (χ0) is 28.3. The predicted molar refractivity (Wildman–Crippen MR) is 178 cm³/mol. The lowest BCUT2D eigenvalue weighted by Gasteiger charge is -2.23. The van der Waals surface area contributed by atoms with Crippen LogP contribution >= 0.6 is 0 Å². The molecule has 6 aromatic carbocycles. The second-order valence-corrected chi connectivity index (χ2v) is 11.1. The molecule has 2 heterocycles. The molecule has 0 radical (unpaired) electrons. The summed E-state index contributed by atoms with van der Waals surface area (Å²) in [5, 5.41) is 2.13. The van der Waals surface area contributed by atoms with Crippen LogP contribution in [-0.2, 0) is 0 Å². The lowest BCUT2D eigenvalue weighted by molar-refractivity contribution is 0.654. The van der Waals surface area contributed by atoms with Crippen LogP contribution in [0.4, 0.5) is 0 Å². The molecule has 43 heavy (non-hydrogen) atoms. The molecule has 0 saturated carbocycles. The molecule has 0 aliphatic heterocycles. The van der Waals surface area contributed by atoms with E-state index in [-0.39, 0.29) is 0 Å². The Morgan fingerprint density at radius 3 is 1.40 bits per heavy atom. The maximum Gasteiger partial charge on any atom is 0.227 e. The molecule has 9 rings (SSSR count). The summed E-state index contributed by atoms with van der Waals surface area (Å²) in [5.74, 6) is 0. The van der Waals surface area contributed by atoms with E-state index in [2.05, 4.69) is 138 Å². The highest BCUT2D eigenvalue weighted by Crippen LogP contribution is 2.48. The van der Waals surface area contributed by atoms with Crippen molar-refractivity contribution in [3.05, 3.63) is 152 Å². The smallest absolute Gasteiger partial charge is 0.227 e. The van der Waals surface area contributed by atoms with Crippen LogP contribution in [0, 0.1) is 0 Å². The van der Waals surface area contributed by atoms with E-state index in [0.29, 0.717) is 5.71 Å². The Balaban J connectivity index is 1.17. The molecule has 0 spiro atoms. The number of hydrogen-bond acceptors (Lipinski definition) is 2. The highest BCUT2D eigenvalue weighted by Gasteiger charge is 2.21. The summed E-state index contributed by atoms with van der Waals surface area (Å²) >= 11 is 0. The second-order valence-electron chi connectivity index (χ2n) is 11.1. The molecular formula is C41H25NO. The van der Waals surface area contributed by atoms with Crippen molar-refractivity contribution in [3.8, 4) is 66.8 Å². The van der Waals surface area contributed by atoms with Crippen LogP contribution in [-0.4, -0.2) is 4.98 Å². The molecule has 2 aromatic heterocycles. The summed E-state index contributed by atoms with van der Waals surface area (Å²) in [6.45, 7) is 0. The molecule has 0 bridgehead atoms. The van der Waals surface area contributed by atoms with Crippen LogP contribution in [0.1, 0.15) is 0 Å². The van der Waals surface area contributed by atoms with Gasteiger partial charge in [-0.3, -0.25) is 0 Å². The Morgan fingerprint density at radius 2 is 0.814 bits per heavy atom. The van der Waals surface area contributed by atoms with Gasteiger partial charge in [0.05, 0.1) is 0 Å². The number of aromatic nitrogens is 1. The maximum atomic E-state index is 5.94. The minimum Gasteiger partial charge on any atom is -0.438 e. The van der Waals surface area contributed by atoms with Gasteiger partial charge in [-0.2, -0.15) is 0 Å². The Hall–Kier alpha value is -5.73. The minimum absolute atomic E-state index is 0.677. The van der Waals surface area contributed by atoms with Gasteiger partial charge in [0.15, 0.2) is 0 Å². The van der Waals surface area contributed by atoms with Gasteiger partial charge < -0.3 is 4.42 Å². The zero-order valence-corrected chi connectivity index (χ0v) is 23.3. The Bertz CT molecular complexity index is 2340. The first-order valence-corrected chi connectivity index (χ1v) is 14.6. The number of benzene rings is 6. The quantitative estimate of drug-likeness (QED) is 0.215. The van der Waals surface area contributed by atoms with Gasteiger partial charge in [-0.1, -0.05) is 115 Å². The lowest BCUT2D eigenvalue weighted by atomic mass is 9.80. The van der Waals surface area contributed by atoms with Gasteiger partial charge in [0.1, 0.15) is 5.58 Å². The minimum atomic E-state index is 0.677. The standard InChI is InChI=1S/C41H25NO/c1-2-9-31-30(8-1)32-10-3-4-12-34(32)36-21-19-28(24-38(36)35-13-6-5-11-33(31)35)26-15-17-27(18-16-26)29-20-22-40-39(25-29)37-14-7-23-42-41(37)43-40/h1-25H. The van der Waals surface area contributed by atoms with Crippen molar-refractivity contribution >= 4 is 22.1 Å². The molecule has 8 aromatic rings. The first-order valence-electron chi connectivity index (χ1n) is 14.6. The highest BCUT2D eigenvalue weighted by molar-refractivity contribution is 6.05. The van der Waals surface area contributed by atoms with E-state index in [4.69, 9.17) is 4.42 Å². The molecule has 1 aliphatic rings. The number of hydrogen-bond donors (Lipinski definition) is 0. The van der Waals surface area contributed by atoms with E-state index >= 15 is 0 Å². The van der Waals surface area contributed by atoms with E-state index in [0.717, 1.165) is 21.9 Å². The van der Waals surface area contributed by atoms with E-state index in [1.165, 1.54) is 61.2 Å². The largest absolute Gasteiger partial charge is 0.438 e. The normalized spacial score (nSPS) is 11.7. The summed E-state index contributed by atoms with van der Waals surface area (Å²) in [6, 6.07) is 52.6. The lowest BCUT2D eigenvalue weighted by Crippen LogP contribution is -1.97. The van der Waals surface area contributed by atoms with Crippen molar-refractivity contribution in [1.82, 2.24) is 4.98 Å². The topological polar surface area (TPSA) is 26.0 Å².